The summed E-state index contributed by atoms with van der Waals surface area (Å²) in [5.41, 5.74) is 1.92. The molecule has 0 bridgehead atoms. The number of nitrogens with zero attached hydrogens (tertiary/aromatic N) is 2. The van der Waals surface area contributed by atoms with Gasteiger partial charge >= 0.3 is 11.9 Å². The van der Waals surface area contributed by atoms with Gasteiger partial charge in [-0.1, -0.05) is 6.07 Å². The number of benzene rings is 1. The molecule has 0 saturated carbocycles. The largest absolute Gasteiger partial charge is 0.481 e. The number of carboxylic acid groups (broad SMARTS) is 2. The van der Waals surface area contributed by atoms with E-state index < -0.39 is 11.9 Å². The van der Waals surface area contributed by atoms with Gasteiger partial charge in [-0.3, -0.25) is 4.79 Å². The summed E-state index contributed by atoms with van der Waals surface area (Å²) >= 11 is 0. The Morgan fingerprint density at radius 2 is 1.76 bits per heavy atom. The van der Waals surface area contributed by atoms with Crippen LogP contribution in [-0.4, -0.2) is 60.8 Å². The number of carboxylic acids is 2. The highest BCUT2D eigenvalue weighted by atomic mass is 16.4. The summed E-state index contributed by atoms with van der Waals surface area (Å²) in [5.74, 6) is -1.85. The van der Waals surface area contributed by atoms with E-state index in [1.165, 1.54) is 0 Å². The topological polar surface area (TPSA) is 81.1 Å². The molecule has 116 valence electrons. The molecule has 0 aliphatic rings. The molecule has 0 aromatic heterocycles. The molecular weight excluding hydrogens is 272 g/mol. The molecule has 1 rings (SSSR count). The van der Waals surface area contributed by atoms with Crippen molar-refractivity contribution in [1.29, 1.82) is 0 Å². The molecule has 0 unspecified atom stereocenters. The van der Waals surface area contributed by atoms with Gasteiger partial charge in [-0.2, -0.15) is 0 Å². The van der Waals surface area contributed by atoms with Gasteiger partial charge in [0.25, 0.3) is 0 Å². The first-order chi connectivity index (χ1) is 9.81. The SMILES string of the molecule is Cc1ccc(C(=O)O)cc1N(CCC(=O)O)CCN(C)C. The van der Waals surface area contributed by atoms with E-state index in [0.717, 1.165) is 17.8 Å². The van der Waals surface area contributed by atoms with Crippen LogP contribution >= 0.6 is 0 Å². The number of rotatable bonds is 8. The van der Waals surface area contributed by atoms with Crippen LogP contribution < -0.4 is 4.90 Å². The van der Waals surface area contributed by atoms with Gasteiger partial charge in [0.2, 0.25) is 0 Å². The van der Waals surface area contributed by atoms with E-state index >= 15 is 0 Å². The molecule has 0 fully saturated rings. The predicted molar refractivity (Wildman–Crippen MR) is 81.2 cm³/mol. The highest BCUT2D eigenvalue weighted by molar-refractivity contribution is 5.89. The first-order valence-corrected chi connectivity index (χ1v) is 6.76. The van der Waals surface area contributed by atoms with Gasteiger partial charge < -0.3 is 20.0 Å². The fourth-order valence-corrected chi connectivity index (χ4v) is 1.99. The highest BCUT2D eigenvalue weighted by Gasteiger charge is 2.14. The van der Waals surface area contributed by atoms with E-state index in [9.17, 15) is 9.59 Å². The lowest BCUT2D eigenvalue weighted by Gasteiger charge is -2.27. The Bertz CT molecular complexity index is 514. The number of likely N-dealkylation sites (N-methyl/N-ethyl adjacent to an activating group) is 1. The average Bonchev–Trinajstić information content (AvgIpc) is 2.39. The molecule has 0 saturated heterocycles. The first-order valence-electron chi connectivity index (χ1n) is 6.76. The fourth-order valence-electron chi connectivity index (χ4n) is 1.99. The standard InChI is InChI=1S/C15H22N2O4/c1-11-4-5-12(15(20)21)10-13(11)17(7-6-14(18)19)9-8-16(2)3/h4-5,10H,6-9H2,1-3H3,(H,18,19)(H,20,21). The second-order valence-corrected chi connectivity index (χ2v) is 5.24. The minimum absolute atomic E-state index is 0.0180. The maximum atomic E-state index is 11.1. The average molecular weight is 294 g/mol. The number of aryl methyl sites for hydroxylation is 1. The molecule has 0 atom stereocenters. The molecule has 0 aliphatic heterocycles. The lowest BCUT2D eigenvalue weighted by Crippen LogP contribution is -2.34. The molecule has 2 N–H and O–H groups in total. The Hall–Kier alpha value is -2.08. The lowest BCUT2D eigenvalue weighted by molar-refractivity contribution is -0.136. The van der Waals surface area contributed by atoms with Gasteiger partial charge in [0, 0.05) is 25.3 Å². The van der Waals surface area contributed by atoms with Gasteiger partial charge in [-0.25, -0.2) is 4.79 Å². The summed E-state index contributed by atoms with van der Waals surface area (Å²) in [7, 11) is 3.88. The van der Waals surface area contributed by atoms with E-state index in [4.69, 9.17) is 10.2 Å². The monoisotopic (exact) mass is 294 g/mol. The molecule has 1 aromatic rings. The summed E-state index contributed by atoms with van der Waals surface area (Å²) in [4.78, 5) is 25.8. The van der Waals surface area contributed by atoms with Crippen LogP contribution in [0.4, 0.5) is 5.69 Å². The normalized spacial score (nSPS) is 10.7. The van der Waals surface area contributed by atoms with Crippen LogP contribution in [0.1, 0.15) is 22.3 Å². The molecule has 0 amide bonds. The van der Waals surface area contributed by atoms with Crippen molar-refractivity contribution >= 4 is 17.6 Å². The van der Waals surface area contributed by atoms with Crippen molar-refractivity contribution in [3.05, 3.63) is 29.3 Å². The molecule has 0 radical (unpaired) electrons. The summed E-state index contributed by atoms with van der Waals surface area (Å²) in [6.07, 6.45) is 0.0180. The van der Waals surface area contributed by atoms with Gasteiger partial charge in [0.1, 0.15) is 0 Å². The maximum Gasteiger partial charge on any atom is 0.335 e. The van der Waals surface area contributed by atoms with E-state index in [0.29, 0.717) is 13.1 Å². The molecule has 0 spiro atoms. The molecular formula is C15H22N2O4. The van der Waals surface area contributed by atoms with Crippen molar-refractivity contribution in [2.75, 3.05) is 38.6 Å². The quantitative estimate of drug-likeness (QED) is 0.757. The minimum Gasteiger partial charge on any atom is -0.481 e. The van der Waals surface area contributed by atoms with Crippen molar-refractivity contribution in [3.63, 3.8) is 0 Å². The van der Waals surface area contributed by atoms with Gasteiger partial charge in [-0.15, -0.1) is 0 Å². The minimum atomic E-state index is -0.984. The van der Waals surface area contributed by atoms with Crippen LogP contribution in [0.3, 0.4) is 0 Å². The first kappa shape index (κ1) is 17.0. The van der Waals surface area contributed by atoms with Crippen LogP contribution in [0.15, 0.2) is 18.2 Å². The van der Waals surface area contributed by atoms with E-state index in [1.807, 2.05) is 30.8 Å². The Morgan fingerprint density at radius 3 is 2.29 bits per heavy atom. The van der Waals surface area contributed by atoms with E-state index in [2.05, 4.69) is 0 Å². The van der Waals surface area contributed by atoms with Gasteiger partial charge in [-0.05, 0) is 38.7 Å². The number of hydrogen-bond acceptors (Lipinski definition) is 4. The van der Waals surface area contributed by atoms with E-state index in [-0.39, 0.29) is 12.0 Å². The van der Waals surface area contributed by atoms with Crippen LogP contribution in [-0.2, 0) is 4.79 Å². The molecule has 6 heteroatoms. The van der Waals surface area contributed by atoms with Crippen molar-refractivity contribution in [3.8, 4) is 0 Å². The Labute approximate surface area is 124 Å². The summed E-state index contributed by atoms with van der Waals surface area (Å²) < 4.78 is 0. The molecule has 21 heavy (non-hydrogen) atoms. The molecule has 0 heterocycles. The van der Waals surface area contributed by atoms with Crippen molar-refractivity contribution < 1.29 is 19.8 Å². The molecule has 0 aliphatic carbocycles. The third kappa shape index (κ3) is 5.43. The molecule has 6 nitrogen and oxygen atoms in total. The maximum absolute atomic E-state index is 11.1. The van der Waals surface area contributed by atoms with Crippen LogP contribution in [0.2, 0.25) is 0 Å². The second-order valence-electron chi connectivity index (χ2n) is 5.24. The zero-order chi connectivity index (χ0) is 16.0. The van der Waals surface area contributed by atoms with Crippen molar-refractivity contribution in [2.24, 2.45) is 0 Å². The van der Waals surface area contributed by atoms with Crippen LogP contribution in [0, 0.1) is 6.92 Å². The zero-order valence-electron chi connectivity index (χ0n) is 12.7. The number of aromatic carboxylic acids is 1. The van der Waals surface area contributed by atoms with Crippen molar-refractivity contribution in [2.45, 2.75) is 13.3 Å². The number of carbonyl (C=O) groups is 2. The third-order valence-electron chi connectivity index (χ3n) is 3.21. The van der Waals surface area contributed by atoms with E-state index in [1.54, 1.807) is 18.2 Å². The predicted octanol–water partition coefficient (Wildman–Crippen LogP) is 1.54. The lowest BCUT2D eigenvalue weighted by atomic mass is 10.1. The Morgan fingerprint density at radius 1 is 1.10 bits per heavy atom. The van der Waals surface area contributed by atoms with Gasteiger partial charge in [0.15, 0.2) is 0 Å². The zero-order valence-corrected chi connectivity index (χ0v) is 12.7. The second kappa shape index (κ2) is 7.64. The number of anilines is 1. The van der Waals surface area contributed by atoms with Crippen molar-refractivity contribution in [1.82, 2.24) is 4.90 Å². The van der Waals surface area contributed by atoms with Crippen LogP contribution in [0.5, 0.6) is 0 Å². The summed E-state index contributed by atoms with van der Waals surface area (Å²) in [6.45, 7) is 3.65. The van der Waals surface area contributed by atoms with Gasteiger partial charge in [0.05, 0.1) is 12.0 Å². The Kier molecular flexibility index (Phi) is 6.17. The number of aliphatic carboxylic acids is 1. The van der Waals surface area contributed by atoms with Crippen LogP contribution in [0.25, 0.3) is 0 Å². The number of hydrogen-bond donors (Lipinski definition) is 2. The summed E-state index contributed by atoms with van der Waals surface area (Å²) in [5, 5.41) is 18.0. The third-order valence-corrected chi connectivity index (χ3v) is 3.21. The molecule has 1 aromatic carbocycles. The highest BCUT2D eigenvalue weighted by Crippen LogP contribution is 2.22. The fraction of sp³-hybridized carbons (Fsp3) is 0.467. The Balaban J connectivity index is 3.01. The smallest absolute Gasteiger partial charge is 0.335 e. The summed E-state index contributed by atoms with van der Waals surface area (Å²) in [6, 6.07) is 4.92.